The van der Waals surface area contributed by atoms with Crippen molar-refractivity contribution < 1.29 is 14.3 Å². The van der Waals surface area contributed by atoms with Gasteiger partial charge in [0, 0.05) is 57.9 Å². The van der Waals surface area contributed by atoms with Crippen molar-refractivity contribution in [2.45, 2.75) is 18.9 Å². The number of carbonyl (C=O) groups excluding carboxylic acids is 2. The minimum absolute atomic E-state index is 0.101. The summed E-state index contributed by atoms with van der Waals surface area (Å²) < 4.78 is 7.82. The molecule has 0 aliphatic carbocycles. The van der Waals surface area contributed by atoms with Crippen LogP contribution < -0.4 is 15.8 Å². The lowest BCUT2D eigenvalue weighted by Gasteiger charge is -2.33. The first-order chi connectivity index (χ1) is 19.9. The van der Waals surface area contributed by atoms with Crippen molar-refractivity contribution in [2.24, 2.45) is 5.73 Å². The highest BCUT2D eigenvalue weighted by atomic mass is 16.5. The van der Waals surface area contributed by atoms with E-state index in [1.165, 1.54) is 6.08 Å². The molecule has 2 aliphatic heterocycles. The molecule has 1 unspecified atom stereocenters. The Balaban J connectivity index is 1.44. The van der Waals surface area contributed by atoms with Gasteiger partial charge in [-0.25, -0.2) is 4.68 Å². The number of primary amides is 1. The number of nitrogens with two attached hydrogens (primary N) is 1. The van der Waals surface area contributed by atoms with Crippen LogP contribution in [0.2, 0.25) is 0 Å². The molecule has 0 saturated carbocycles. The van der Waals surface area contributed by atoms with E-state index in [9.17, 15) is 9.59 Å². The van der Waals surface area contributed by atoms with Crippen LogP contribution >= 0.6 is 0 Å². The van der Waals surface area contributed by atoms with Crippen molar-refractivity contribution in [3.05, 3.63) is 72.8 Å². The van der Waals surface area contributed by atoms with Gasteiger partial charge in [0.1, 0.15) is 28.6 Å². The molecule has 2 saturated heterocycles. The van der Waals surface area contributed by atoms with E-state index in [1.54, 1.807) is 4.90 Å². The lowest BCUT2D eigenvalue weighted by atomic mass is 10.0. The predicted molar refractivity (Wildman–Crippen MR) is 160 cm³/mol. The lowest BCUT2D eigenvalue weighted by molar-refractivity contribution is -0.127. The number of piperidine rings is 1. The number of carbonyl (C=O) groups is 2. The molecule has 0 bridgehead atoms. The third-order valence-electron chi connectivity index (χ3n) is 7.81. The molecule has 41 heavy (non-hydrogen) atoms. The Hall–Kier alpha value is -4.15. The topological polar surface area (TPSA) is 109 Å². The molecule has 10 nitrogen and oxygen atoms in total. The summed E-state index contributed by atoms with van der Waals surface area (Å²) in [6.07, 6.45) is 3.01. The fraction of sp³-hybridized carbons (Fsp3) is 0.387. The number of aromatic nitrogens is 2. The van der Waals surface area contributed by atoms with E-state index >= 15 is 0 Å². The molecule has 0 radical (unpaired) electrons. The van der Waals surface area contributed by atoms with Crippen LogP contribution in [0.3, 0.4) is 0 Å². The number of anilines is 1. The number of benzene rings is 2. The number of ether oxygens (including phenoxy) is 1. The van der Waals surface area contributed by atoms with Gasteiger partial charge in [-0.15, -0.1) is 0 Å². The summed E-state index contributed by atoms with van der Waals surface area (Å²) in [4.78, 5) is 31.9. The predicted octanol–water partition coefficient (Wildman–Crippen LogP) is 3.45. The summed E-state index contributed by atoms with van der Waals surface area (Å²) in [5, 5.41) is 8.47. The summed E-state index contributed by atoms with van der Waals surface area (Å²) in [7, 11) is 2.14. The van der Waals surface area contributed by atoms with Gasteiger partial charge in [0.2, 0.25) is 5.91 Å². The monoisotopic (exact) mass is 557 g/mol. The van der Waals surface area contributed by atoms with E-state index in [1.807, 2.05) is 59.3 Å². The van der Waals surface area contributed by atoms with Crippen LogP contribution in [0.15, 0.2) is 67.3 Å². The first-order valence-electron chi connectivity index (χ1n) is 14.2. The Morgan fingerprint density at radius 1 is 1.05 bits per heavy atom. The second-order valence-electron chi connectivity index (χ2n) is 10.7. The average molecular weight is 558 g/mol. The molecule has 2 aliphatic rings. The Morgan fingerprint density at radius 3 is 2.44 bits per heavy atom. The lowest BCUT2D eigenvalue weighted by Crippen LogP contribution is -2.46. The van der Waals surface area contributed by atoms with Gasteiger partial charge in [-0.05, 0) is 62.4 Å². The third kappa shape index (κ3) is 6.78. The van der Waals surface area contributed by atoms with Crippen LogP contribution in [-0.4, -0.2) is 95.7 Å². The second kappa shape index (κ2) is 13.0. The van der Waals surface area contributed by atoms with Crippen LogP contribution in [0.25, 0.3) is 11.3 Å². The minimum Gasteiger partial charge on any atom is -0.457 e. The SMILES string of the molecule is C=CC(=O)N1CCCC(n2nc(-c3ccc(Oc4ccccc4)cc3)c(C(N)=O)c2NCCN2CCN(C)CC2)C1. The van der Waals surface area contributed by atoms with Crippen molar-refractivity contribution >= 4 is 17.6 Å². The number of piperazine rings is 1. The van der Waals surface area contributed by atoms with Gasteiger partial charge in [0.15, 0.2) is 0 Å². The zero-order chi connectivity index (χ0) is 28.8. The molecular formula is C31H39N7O3. The molecule has 1 aromatic heterocycles. The number of likely N-dealkylation sites (N-methyl/N-ethyl adjacent to an activating group) is 1. The highest BCUT2D eigenvalue weighted by molar-refractivity contribution is 6.03. The molecule has 3 heterocycles. The standard InChI is InChI=1S/C31H39N7O3/c1-3-27(39)37-16-7-8-24(22-37)38-31(33-15-17-36-20-18-35(2)19-21-36)28(30(32)40)29(34-38)23-11-13-26(14-12-23)41-25-9-5-4-6-10-25/h3-6,9-14,24,33H,1,7-8,15-22H2,2H3,(H2,32,40). The number of hydrogen-bond acceptors (Lipinski definition) is 7. The van der Waals surface area contributed by atoms with Crippen molar-refractivity contribution in [1.82, 2.24) is 24.5 Å². The fourth-order valence-electron chi connectivity index (χ4n) is 5.50. The van der Waals surface area contributed by atoms with Crippen LogP contribution in [0.4, 0.5) is 5.82 Å². The van der Waals surface area contributed by atoms with Gasteiger partial charge in [0.05, 0.1) is 6.04 Å². The van der Waals surface area contributed by atoms with Gasteiger partial charge < -0.3 is 25.6 Å². The van der Waals surface area contributed by atoms with Crippen LogP contribution in [0.1, 0.15) is 29.2 Å². The molecule has 10 heteroatoms. The Bertz CT molecular complexity index is 1350. The minimum atomic E-state index is -0.548. The summed E-state index contributed by atoms with van der Waals surface area (Å²) in [6, 6.07) is 17.0. The number of rotatable bonds is 10. The molecule has 1 atom stereocenters. The summed E-state index contributed by atoms with van der Waals surface area (Å²) in [6.45, 7) is 10.4. The maximum Gasteiger partial charge on any atom is 0.254 e. The number of nitrogens with zero attached hydrogens (tertiary/aromatic N) is 5. The van der Waals surface area contributed by atoms with Crippen molar-refractivity contribution in [1.29, 1.82) is 0 Å². The number of nitrogens with one attached hydrogen (secondary N) is 1. The van der Waals surface area contributed by atoms with Gasteiger partial charge in [0.25, 0.3) is 5.91 Å². The Kier molecular flexibility index (Phi) is 9.01. The van der Waals surface area contributed by atoms with Gasteiger partial charge >= 0.3 is 0 Å². The highest BCUT2D eigenvalue weighted by Crippen LogP contribution is 2.35. The normalized spacial score (nSPS) is 18.2. The molecular weight excluding hydrogens is 518 g/mol. The average Bonchev–Trinajstić information content (AvgIpc) is 3.38. The van der Waals surface area contributed by atoms with E-state index in [0.29, 0.717) is 42.5 Å². The first kappa shape index (κ1) is 28.4. The molecule has 5 rings (SSSR count). The number of para-hydroxylation sites is 1. The zero-order valence-electron chi connectivity index (χ0n) is 23.7. The van der Waals surface area contributed by atoms with Crippen molar-refractivity contribution in [3.8, 4) is 22.8 Å². The number of likely N-dealkylation sites (tertiary alicyclic amines) is 1. The van der Waals surface area contributed by atoms with E-state index < -0.39 is 5.91 Å². The quantitative estimate of drug-likeness (QED) is 0.368. The largest absolute Gasteiger partial charge is 0.457 e. The Labute approximate surface area is 241 Å². The maximum atomic E-state index is 13.0. The summed E-state index contributed by atoms with van der Waals surface area (Å²) in [5.41, 5.74) is 7.63. The molecule has 2 aromatic carbocycles. The molecule has 2 amide bonds. The molecule has 0 spiro atoms. The summed E-state index contributed by atoms with van der Waals surface area (Å²) in [5.74, 6) is 1.37. The first-order valence-corrected chi connectivity index (χ1v) is 14.2. The van der Waals surface area contributed by atoms with Crippen molar-refractivity contribution in [2.75, 3.05) is 64.7 Å². The van der Waals surface area contributed by atoms with E-state index in [-0.39, 0.29) is 11.9 Å². The molecule has 3 N–H and O–H groups in total. The zero-order valence-corrected chi connectivity index (χ0v) is 23.7. The number of hydrogen-bond donors (Lipinski definition) is 2. The maximum absolute atomic E-state index is 13.0. The summed E-state index contributed by atoms with van der Waals surface area (Å²) >= 11 is 0. The van der Waals surface area contributed by atoms with E-state index in [2.05, 4.69) is 28.7 Å². The van der Waals surface area contributed by atoms with E-state index in [0.717, 1.165) is 56.9 Å². The van der Waals surface area contributed by atoms with Gasteiger partial charge in [-0.1, -0.05) is 24.8 Å². The molecule has 216 valence electrons. The van der Waals surface area contributed by atoms with Gasteiger partial charge in [-0.3, -0.25) is 14.5 Å². The molecule has 3 aromatic rings. The highest BCUT2D eigenvalue weighted by Gasteiger charge is 2.31. The van der Waals surface area contributed by atoms with Gasteiger partial charge in [-0.2, -0.15) is 5.10 Å². The van der Waals surface area contributed by atoms with E-state index in [4.69, 9.17) is 15.6 Å². The van der Waals surface area contributed by atoms with Crippen molar-refractivity contribution in [3.63, 3.8) is 0 Å². The van der Waals surface area contributed by atoms with Crippen LogP contribution in [-0.2, 0) is 4.79 Å². The van der Waals surface area contributed by atoms with Crippen LogP contribution in [0.5, 0.6) is 11.5 Å². The van der Waals surface area contributed by atoms with Crippen LogP contribution in [0, 0.1) is 0 Å². The molecule has 2 fully saturated rings. The smallest absolute Gasteiger partial charge is 0.254 e. The second-order valence-corrected chi connectivity index (χ2v) is 10.7. The fourth-order valence-corrected chi connectivity index (χ4v) is 5.50. The Morgan fingerprint density at radius 2 is 1.76 bits per heavy atom. The number of amides is 2. The third-order valence-corrected chi connectivity index (χ3v) is 7.81.